The van der Waals surface area contributed by atoms with E-state index in [-0.39, 0.29) is 22.0 Å². The molecule has 1 amide bonds. The second kappa shape index (κ2) is 8.56. The Labute approximate surface area is 177 Å². The highest BCUT2D eigenvalue weighted by atomic mass is 32.2. The van der Waals surface area contributed by atoms with Gasteiger partial charge in [-0.3, -0.25) is 4.79 Å². The van der Waals surface area contributed by atoms with Crippen molar-refractivity contribution < 1.29 is 22.0 Å². The van der Waals surface area contributed by atoms with Crippen molar-refractivity contribution >= 4 is 39.1 Å². The molecule has 30 heavy (non-hydrogen) atoms. The first-order valence-electron chi connectivity index (χ1n) is 9.68. The number of nitrogens with one attached hydrogen (secondary N) is 2. The summed E-state index contributed by atoms with van der Waals surface area (Å²) in [6, 6.07) is 3.37. The number of benzene rings is 1. The predicted molar refractivity (Wildman–Crippen MR) is 113 cm³/mol. The number of nitrogens with zero attached hydrogens (tertiary/aromatic N) is 2. The molecule has 2 aliphatic rings. The molecule has 0 unspecified atom stereocenters. The van der Waals surface area contributed by atoms with Crippen LogP contribution in [-0.4, -0.2) is 61.3 Å². The lowest BCUT2D eigenvalue weighted by molar-refractivity contribution is 0.102. The molecule has 4 rings (SSSR count). The van der Waals surface area contributed by atoms with Gasteiger partial charge in [-0.25, -0.2) is 17.2 Å². The first-order chi connectivity index (χ1) is 14.4. The van der Waals surface area contributed by atoms with E-state index >= 15 is 0 Å². The van der Waals surface area contributed by atoms with Crippen LogP contribution in [0.2, 0.25) is 0 Å². The van der Waals surface area contributed by atoms with E-state index in [0.29, 0.717) is 26.2 Å². The number of hydrogen-bond acceptors (Lipinski definition) is 5. The lowest BCUT2D eigenvalue weighted by Gasteiger charge is -2.24. The zero-order valence-corrected chi connectivity index (χ0v) is 17.8. The van der Waals surface area contributed by atoms with Crippen LogP contribution in [0.1, 0.15) is 23.3 Å². The van der Waals surface area contributed by atoms with Crippen molar-refractivity contribution in [3.8, 4) is 0 Å². The topological polar surface area (TPSA) is 85.5 Å². The highest BCUT2D eigenvalue weighted by Crippen LogP contribution is 2.30. The smallest absolute Gasteiger partial charge is 0.272 e. The van der Waals surface area contributed by atoms with Gasteiger partial charge in [-0.05, 0) is 31.0 Å². The highest BCUT2D eigenvalue weighted by molar-refractivity contribution is 7.99. The van der Waals surface area contributed by atoms with Crippen molar-refractivity contribution in [1.82, 2.24) is 9.29 Å². The molecular formula is C19H22F2N4O3S2. The van der Waals surface area contributed by atoms with Crippen LogP contribution in [0, 0.1) is 11.6 Å². The van der Waals surface area contributed by atoms with Gasteiger partial charge in [-0.1, -0.05) is 0 Å². The summed E-state index contributed by atoms with van der Waals surface area (Å²) >= 11 is 1.69. The molecule has 2 saturated heterocycles. The van der Waals surface area contributed by atoms with E-state index in [9.17, 15) is 22.0 Å². The van der Waals surface area contributed by atoms with Gasteiger partial charge < -0.3 is 15.2 Å². The minimum Gasteiger partial charge on any atom is -0.367 e. The van der Waals surface area contributed by atoms with Gasteiger partial charge in [0.05, 0.1) is 0 Å². The summed E-state index contributed by atoms with van der Waals surface area (Å²) in [5.41, 5.74) is -0.132. The number of aromatic nitrogens is 1. The Kier molecular flexibility index (Phi) is 6.03. The van der Waals surface area contributed by atoms with Crippen molar-refractivity contribution in [2.45, 2.75) is 17.7 Å². The molecule has 0 aliphatic carbocycles. The molecular weight excluding hydrogens is 434 g/mol. The maximum atomic E-state index is 14.5. The normalized spacial score (nSPS) is 18.0. The fourth-order valence-electron chi connectivity index (χ4n) is 3.67. The lowest BCUT2D eigenvalue weighted by Crippen LogP contribution is -2.37. The number of hydrogen-bond donors (Lipinski definition) is 2. The largest absolute Gasteiger partial charge is 0.367 e. The number of carbonyl (C=O) groups is 1. The Morgan fingerprint density at radius 2 is 1.67 bits per heavy atom. The van der Waals surface area contributed by atoms with Crippen molar-refractivity contribution in [2.24, 2.45) is 0 Å². The van der Waals surface area contributed by atoms with Crippen molar-refractivity contribution in [2.75, 3.05) is 47.9 Å². The number of H-pyrrole nitrogens is 1. The molecule has 0 saturated carbocycles. The second-order valence-electron chi connectivity index (χ2n) is 7.20. The second-order valence-corrected chi connectivity index (χ2v) is 10.4. The Morgan fingerprint density at radius 1 is 1.03 bits per heavy atom. The Balaban J connectivity index is 1.49. The summed E-state index contributed by atoms with van der Waals surface area (Å²) in [5.74, 6) is -0.725. The molecule has 162 valence electrons. The summed E-state index contributed by atoms with van der Waals surface area (Å²) < 4.78 is 55.7. The fourth-order valence-corrected chi connectivity index (χ4v) is 6.24. The van der Waals surface area contributed by atoms with Crippen LogP contribution < -0.4 is 10.2 Å². The van der Waals surface area contributed by atoms with E-state index in [4.69, 9.17) is 0 Å². The number of thioether (sulfide) groups is 1. The summed E-state index contributed by atoms with van der Waals surface area (Å²) in [6.45, 7) is 2.02. The number of aromatic amines is 1. The van der Waals surface area contributed by atoms with Gasteiger partial charge in [0.25, 0.3) is 5.91 Å². The third-order valence-corrected chi connectivity index (χ3v) is 8.02. The summed E-state index contributed by atoms with van der Waals surface area (Å²) in [6.07, 6.45) is 3.01. The fraction of sp³-hybridized carbons (Fsp3) is 0.421. The van der Waals surface area contributed by atoms with E-state index < -0.39 is 27.6 Å². The van der Waals surface area contributed by atoms with Gasteiger partial charge in [0.1, 0.15) is 16.3 Å². The standard InChI is InChI=1S/C19H22F2N4O3S2/c20-15-9-13(10-16(21)18(15)24-3-1-2-4-24)23-19(26)17-11-14(12-22-17)30(27,28)25-5-7-29-8-6-25/h9-12,22H,1-8H2,(H,23,26). The van der Waals surface area contributed by atoms with E-state index in [1.165, 1.54) is 16.6 Å². The molecule has 7 nitrogen and oxygen atoms in total. The van der Waals surface area contributed by atoms with Crippen molar-refractivity contribution in [3.05, 3.63) is 41.7 Å². The van der Waals surface area contributed by atoms with Gasteiger partial charge >= 0.3 is 0 Å². The Bertz CT molecular complexity index is 1020. The van der Waals surface area contributed by atoms with Crippen molar-refractivity contribution in [1.29, 1.82) is 0 Å². The number of rotatable bonds is 5. The number of amides is 1. The minimum atomic E-state index is -3.69. The van der Waals surface area contributed by atoms with Gasteiger partial charge in [0, 0.05) is 49.6 Å². The molecule has 2 aromatic rings. The molecule has 0 spiro atoms. The third-order valence-electron chi connectivity index (χ3n) is 5.21. The van der Waals surface area contributed by atoms with Crippen LogP contribution in [0.4, 0.5) is 20.2 Å². The number of carbonyl (C=O) groups excluding carboxylic acids is 1. The van der Waals surface area contributed by atoms with Gasteiger partial charge in [0.15, 0.2) is 11.6 Å². The highest BCUT2D eigenvalue weighted by Gasteiger charge is 2.28. The molecule has 11 heteroatoms. The van der Waals surface area contributed by atoms with E-state index in [1.54, 1.807) is 16.7 Å². The van der Waals surface area contributed by atoms with E-state index in [0.717, 1.165) is 36.5 Å². The molecule has 0 atom stereocenters. The van der Waals surface area contributed by atoms with Crippen LogP contribution in [0.15, 0.2) is 29.3 Å². The average Bonchev–Trinajstić information content (AvgIpc) is 3.41. The summed E-state index contributed by atoms with van der Waals surface area (Å²) in [4.78, 5) is 16.8. The monoisotopic (exact) mass is 456 g/mol. The quantitative estimate of drug-likeness (QED) is 0.723. The van der Waals surface area contributed by atoms with Crippen LogP contribution in [0.5, 0.6) is 0 Å². The summed E-state index contributed by atoms with van der Waals surface area (Å²) in [5, 5.41) is 2.42. The van der Waals surface area contributed by atoms with E-state index in [2.05, 4.69) is 10.3 Å². The Morgan fingerprint density at radius 3 is 2.30 bits per heavy atom. The molecule has 0 radical (unpaired) electrons. The SMILES string of the molecule is O=C(Nc1cc(F)c(N2CCCC2)c(F)c1)c1cc(S(=O)(=O)N2CCSCC2)c[nH]1. The number of anilines is 2. The maximum absolute atomic E-state index is 14.5. The van der Waals surface area contributed by atoms with Gasteiger partial charge in [-0.15, -0.1) is 0 Å². The predicted octanol–water partition coefficient (Wildman–Crippen LogP) is 2.88. The molecule has 1 aromatic heterocycles. The van der Waals surface area contributed by atoms with Gasteiger partial charge in [-0.2, -0.15) is 16.1 Å². The minimum absolute atomic E-state index is 0.00982. The lowest BCUT2D eigenvalue weighted by atomic mass is 10.2. The molecule has 2 N–H and O–H groups in total. The summed E-state index contributed by atoms with van der Waals surface area (Å²) in [7, 11) is -3.69. The molecule has 3 heterocycles. The third kappa shape index (κ3) is 4.19. The number of halogens is 2. The van der Waals surface area contributed by atoms with Crippen LogP contribution in [0.25, 0.3) is 0 Å². The maximum Gasteiger partial charge on any atom is 0.272 e. The first kappa shape index (κ1) is 21.1. The van der Waals surface area contributed by atoms with Crippen LogP contribution in [-0.2, 0) is 10.0 Å². The van der Waals surface area contributed by atoms with E-state index in [1.807, 2.05) is 0 Å². The zero-order valence-electron chi connectivity index (χ0n) is 16.2. The average molecular weight is 457 g/mol. The molecule has 1 aromatic carbocycles. The Hall–Kier alpha value is -2.11. The number of sulfonamides is 1. The van der Waals surface area contributed by atoms with Crippen molar-refractivity contribution in [3.63, 3.8) is 0 Å². The molecule has 0 bridgehead atoms. The first-order valence-corrected chi connectivity index (χ1v) is 12.3. The van der Waals surface area contributed by atoms with Crippen LogP contribution >= 0.6 is 11.8 Å². The van der Waals surface area contributed by atoms with Gasteiger partial charge in [0.2, 0.25) is 10.0 Å². The zero-order chi connectivity index (χ0) is 21.3. The molecule has 2 fully saturated rings. The van der Waals surface area contributed by atoms with Crippen LogP contribution in [0.3, 0.4) is 0 Å². The molecule has 2 aliphatic heterocycles.